The fourth-order valence-electron chi connectivity index (χ4n) is 1.39. The molecule has 1 aromatic carbocycles. The molecule has 0 spiro atoms. The van der Waals surface area contributed by atoms with Gasteiger partial charge in [-0.2, -0.15) is 0 Å². The van der Waals surface area contributed by atoms with Gasteiger partial charge in [0.05, 0.1) is 17.0 Å². The summed E-state index contributed by atoms with van der Waals surface area (Å²) in [5, 5.41) is 2.69. The molecule has 0 aliphatic rings. The van der Waals surface area contributed by atoms with Crippen molar-refractivity contribution in [1.82, 2.24) is 5.32 Å². The van der Waals surface area contributed by atoms with Gasteiger partial charge in [0.25, 0.3) is 0 Å². The molecule has 0 aromatic heterocycles. The molecule has 0 heterocycles. The number of amides is 1. The van der Waals surface area contributed by atoms with E-state index in [2.05, 4.69) is 21.2 Å². The monoisotopic (exact) mass is 354 g/mol. The van der Waals surface area contributed by atoms with Gasteiger partial charge < -0.3 is 15.8 Å². The van der Waals surface area contributed by atoms with E-state index in [4.69, 9.17) is 10.5 Å². The molecular formula is C12H17BrClFN2O2. The lowest BCUT2D eigenvalue weighted by Crippen LogP contribution is -2.31. The summed E-state index contributed by atoms with van der Waals surface area (Å²) in [5.41, 5.74) is 6.12. The Hall–Kier alpha value is -0.690. The number of rotatable bonds is 6. The van der Waals surface area contributed by atoms with Crippen LogP contribution in [0.25, 0.3) is 0 Å². The molecule has 3 N–H and O–H groups in total. The number of methoxy groups -OCH3 is 1. The van der Waals surface area contributed by atoms with Gasteiger partial charge in [-0.25, -0.2) is 4.39 Å². The molecule has 0 aliphatic heterocycles. The van der Waals surface area contributed by atoms with Crippen molar-refractivity contribution in [2.75, 3.05) is 13.7 Å². The normalized spacial score (nSPS) is 11.6. The Kier molecular flexibility index (Phi) is 8.92. The van der Waals surface area contributed by atoms with Gasteiger partial charge in [0, 0.05) is 20.2 Å². The van der Waals surface area contributed by atoms with Gasteiger partial charge >= 0.3 is 0 Å². The molecule has 1 unspecified atom stereocenters. The van der Waals surface area contributed by atoms with Crippen molar-refractivity contribution in [3.8, 4) is 0 Å². The number of carbonyl (C=O) groups is 1. The number of hydrogen-bond donors (Lipinski definition) is 2. The van der Waals surface area contributed by atoms with Crippen molar-refractivity contribution in [3.05, 3.63) is 34.1 Å². The van der Waals surface area contributed by atoms with Gasteiger partial charge in [-0.3, -0.25) is 4.79 Å². The molecule has 0 fully saturated rings. The van der Waals surface area contributed by atoms with Gasteiger partial charge in [-0.05, 0) is 33.6 Å². The maximum Gasteiger partial charge on any atom is 0.222 e. The first-order chi connectivity index (χ1) is 8.56. The van der Waals surface area contributed by atoms with E-state index in [0.29, 0.717) is 10.0 Å². The molecular weight excluding hydrogens is 338 g/mol. The van der Waals surface area contributed by atoms with Crippen LogP contribution in [0, 0.1) is 5.82 Å². The van der Waals surface area contributed by atoms with Crippen LogP contribution in [0.4, 0.5) is 4.39 Å². The molecule has 4 nitrogen and oxygen atoms in total. The van der Waals surface area contributed by atoms with Crippen LogP contribution < -0.4 is 11.1 Å². The predicted octanol–water partition coefficient (Wildman–Crippen LogP) is 1.99. The first-order valence-electron chi connectivity index (χ1n) is 5.50. The summed E-state index contributed by atoms with van der Waals surface area (Å²) in [6.45, 7) is 0.570. The van der Waals surface area contributed by atoms with Gasteiger partial charge in [0.2, 0.25) is 5.91 Å². The van der Waals surface area contributed by atoms with E-state index in [9.17, 15) is 9.18 Å². The number of benzene rings is 1. The second-order valence-corrected chi connectivity index (χ2v) is 4.68. The van der Waals surface area contributed by atoms with E-state index < -0.39 is 0 Å². The first kappa shape index (κ1) is 18.3. The Morgan fingerprint density at radius 2 is 2.26 bits per heavy atom. The van der Waals surface area contributed by atoms with Crippen molar-refractivity contribution < 1.29 is 13.9 Å². The lowest BCUT2D eigenvalue weighted by molar-refractivity contribution is -0.123. The Balaban J connectivity index is 0.00000324. The molecule has 1 aromatic rings. The minimum atomic E-state index is -0.349. The Bertz CT molecular complexity index is 417. The second kappa shape index (κ2) is 9.25. The summed E-state index contributed by atoms with van der Waals surface area (Å²) < 4.78 is 18.6. The third-order valence-corrected chi connectivity index (χ3v) is 3.13. The van der Waals surface area contributed by atoms with E-state index in [1.165, 1.54) is 13.2 Å². The Labute approximate surface area is 126 Å². The zero-order valence-corrected chi connectivity index (χ0v) is 12.9. The van der Waals surface area contributed by atoms with Crippen LogP contribution in [0.5, 0.6) is 0 Å². The molecule has 108 valence electrons. The van der Waals surface area contributed by atoms with E-state index in [-0.39, 0.29) is 49.7 Å². The number of ether oxygens (including phenoxy) is 1. The average Bonchev–Trinajstić information content (AvgIpc) is 2.37. The van der Waals surface area contributed by atoms with Crippen LogP contribution in [0.15, 0.2) is 22.7 Å². The van der Waals surface area contributed by atoms with E-state index in [1.807, 2.05) is 0 Å². The summed E-state index contributed by atoms with van der Waals surface area (Å²) in [5.74, 6) is -0.519. The zero-order valence-electron chi connectivity index (χ0n) is 10.5. The van der Waals surface area contributed by atoms with Gasteiger partial charge in [-0.15, -0.1) is 12.4 Å². The number of carbonyl (C=O) groups excluding carboxylic acids is 1. The van der Waals surface area contributed by atoms with Gasteiger partial charge in [0.15, 0.2) is 0 Å². The third-order valence-electron chi connectivity index (χ3n) is 2.48. The fourth-order valence-corrected chi connectivity index (χ4v) is 1.64. The van der Waals surface area contributed by atoms with Crippen molar-refractivity contribution >= 4 is 34.2 Å². The quantitative estimate of drug-likeness (QED) is 0.820. The molecule has 0 aliphatic carbocycles. The minimum Gasteiger partial charge on any atom is -0.380 e. The first-order valence-corrected chi connectivity index (χ1v) is 6.29. The maximum absolute atomic E-state index is 13.2. The maximum atomic E-state index is 13.2. The second-order valence-electron chi connectivity index (χ2n) is 3.82. The summed E-state index contributed by atoms with van der Waals surface area (Å²) in [4.78, 5) is 11.5. The molecule has 1 amide bonds. The zero-order chi connectivity index (χ0) is 13.5. The molecule has 0 bridgehead atoms. The van der Waals surface area contributed by atoms with Crippen LogP contribution in [-0.4, -0.2) is 25.7 Å². The number of nitrogens with two attached hydrogens (primary N) is 1. The molecule has 7 heteroatoms. The van der Waals surface area contributed by atoms with E-state index in [0.717, 1.165) is 0 Å². The van der Waals surface area contributed by atoms with Crippen molar-refractivity contribution in [2.24, 2.45) is 5.73 Å². The minimum absolute atomic E-state index is 0. The smallest absolute Gasteiger partial charge is 0.222 e. The SMILES string of the molecule is COC(CN)CC(=O)NCc1ccc(Br)c(F)c1.Cl. The number of nitrogens with one attached hydrogen (secondary N) is 1. The number of hydrogen-bond acceptors (Lipinski definition) is 3. The van der Waals surface area contributed by atoms with Crippen LogP contribution in [0.3, 0.4) is 0 Å². The molecule has 1 atom stereocenters. The summed E-state index contributed by atoms with van der Waals surface area (Å²) in [6, 6.07) is 4.72. The van der Waals surface area contributed by atoms with Gasteiger partial charge in [0.1, 0.15) is 5.82 Å². The summed E-state index contributed by atoms with van der Waals surface area (Å²) in [6.07, 6.45) is -0.0851. The number of halogens is 3. The van der Waals surface area contributed by atoms with E-state index in [1.54, 1.807) is 12.1 Å². The van der Waals surface area contributed by atoms with Crippen molar-refractivity contribution in [3.63, 3.8) is 0 Å². The Morgan fingerprint density at radius 3 is 2.79 bits per heavy atom. The lowest BCUT2D eigenvalue weighted by Gasteiger charge is -2.12. The van der Waals surface area contributed by atoms with Crippen molar-refractivity contribution in [1.29, 1.82) is 0 Å². The van der Waals surface area contributed by atoms with Crippen LogP contribution in [0.1, 0.15) is 12.0 Å². The topological polar surface area (TPSA) is 64.3 Å². The third kappa shape index (κ3) is 6.33. The Morgan fingerprint density at radius 1 is 1.58 bits per heavy atom. The highest BCUT2D eigenvalue weighted by atomic mass is 79.9. The fraction of sp³-hybridized carbons (Fsp3) is 0.417. The van der Waals surface area contributed by atoms with E-state index >= 15 is 0 Å². The van der Waals surface area contributed by atoms with Gasteiger partial charge in [-0.1, -0.05) is 6.07 Å². The molecule has 19 heavy (non-hydrogen) atoms. The standard InChI is InChI=1S/C12H16BrFN2O2.ClH/c1-18-9(6-15)5-12(17)16-7-8-2-3-10(13)11(14)4-8;/h2-4,9H,5-7,15H2,1H3,(H,16,17);1H. The highest BCUT2D eigenvalue weighted by Gasteiger charge is 2.11. The largest absolute Gasteiger partial charge is 0.380 e. The van der Waals surface area contributed by atoms with Crippen LogP contribution in [0.2, 0.25) is 0 Å². The average molecular weight is 356 g/mol. The summed E-state index contributed by atoms with van der Waals surface area (Å²) >= 11 is 3.07. The van der Waals surface area contributed by atoms with Crippen LogP contribution in [-0.2, 0) is 16.1 Å². The van der Waals surface area contributed by atoms with Crippen molar-refractivity contribution in [2.45, 2.75) is 19.1 Å². The molecule has 1 rings (SSSR count). The molecule has 0 radical (unpaired) electrons. The van der Waals surface area contributed by atoms with Crippen LogP contribution >= 0.6 is 28.3 Å². The highest BCUT2D eigenvalue weighted by Crippen LogP contribution is 2.16. The molecule has 0 saturated carbocycles. The summed E-state index contributed by atoms with van der Waals surface area (Å²) in [7, 11) is 1.51. The predicted molar refractivity (Wildman–Crippen MR) is 77.7 cm³/mol. The lowest BCUT2D eigenvalue weighted by atomic mass is 10.2. The molecule has 0 saturated heterocycles. The highest BCUT2D eigenvalue weighted by molar-refractivity contribution is 9.10.